The largest absolute Gasteiger partial charge is 0.310 e. The van der Waals surface area contributed by atoms with Crippen LogP contribution in [0, 0.1) is 5.92 Å². The second kappa shape index (κ2) is 5.83. The van der Waals surface area contributed by atoms with Crippen LogP contribution >= 0.6 is 0 Å². The molecule has 1 saturated carbocycles. The number of fused-ring (bicyclic) bond motifs is 1. The summed E-state index contributed by atoms with van der Waals surface area (Å²) in [6.07, 6.45) is 4.57. The number of benzene rings is 1. The topological polar surface area (TPSA) is 59.8 Å². The molecule has 0 bridgehead atoms. The van der Waals surface area contributed by atoms with E-state index in [1.807, 2.05) is 42.5 Å². The summed E-state index contributed by atoms with van der Waals surface area (Å²) in [5.74, 6) is 0.887. The van der Waals surface area contributed by atoms with Crippen molar-refractivity contribution in [2.24, 2.45) is 5.92 Å². The molecule has 1 aliphatic rings. The monoisotopic (exact) mass is 306 g/mol. The molecule has 2 heterocycles. The van der Waals surface area contributed by atoms with Crippen LogP contribution in [0.5, 0.6) is 0 Å². The first kappa shape index (κ1) is 13.9. The van der Waals surface area contributed by atoms with E-state index in [0.717, 1.165) is 42.5 Å². The molecule has 1 amide bonds. The summed E-state index contributed by atoms with van der Waals surface area (Å²) in [5.41, 5.74) is 2.97. The van der Waals surface area contributed by atoms with Crippen LogP contribution in [-0.2, 0) is 17.8 Å². The number of pyridine rings is 1. The zero-order valence-electron chi connectivity index (χ0n) is 12.8. The maximum atomic E-state index is 12.1. The minimum Gasteiger partial charge on any atom is -0.310 e. The van der Waals surface area contributed by atoms with Crippen molar-refractivity contribution >= 4 is 22.9 Å². The Morgan fingerprint density at radius 3 is 2.78 bits per heavy atom. The number of aromatic nitrogens is 3. The Labute approximate surface area is 134 Å². The Balaban J connectivity index is 1.63. The van der Waals surface area contributed by atoms with Crippen molar-refractivity contribution in [3.8, 4) is 0 Å². The van der Waals surface area contributed by atoms with Crippen LogP contribution in [0.25, 0.3) is 11.0 Å². The van der Waals surface area contributed by atoms with Crippen LogP contribution in [0.4, 0.5) is 5.95 Å². The van der Waals surface area contributed by atoms with Gasteiger partial charge in [0, 0.05) is 30.8 Å². The number of aryl methyl sites for hydroxylation is 2. The Hall–Kier alpha value is -2.69. The lowest BCUT2D eigenvalue weighted by Crippen LogP contribution is -2.17. The van der Waals surface area contributed by atoms with Gasteiger partial charge in [-0.25, -0.2) is 4.98 Å². The van der Waals surface area contributed by atoms with Crippen molar-refractivity contribution < 1.29 is 4.79 Å². The van der Waals surface area contributed by atoms with E-state index < -0.39 is 0 Å². The standard InChI is InChI=1S/C18H18N4O/c23-17(13-8-9-13)21-18-20-15-6-1-2-7-16(15)22(18)12-10-14-5-3-4-11-19-14/h1-7,11,13H,8-10,12H2,(H,20,21,23). The molecule has 1 fully saturated rings. The number of carbonyl (C=O) groups is 1. The maximum absolute atomic E-state index is 12.1. The third-order valence-electron chi connectivity index (χ3n) is 4.16. The van der Waals surface area contributed by atoms with Crippen molar-refractivity contribution in [2.75, 3.05) is 5.32 Å². The third-order valence-corrected chi connectivity index (χ3v) is 4.16. The lowest BCUT2D eigenvalue weighted by atomic mass is 10.2. The van der Waals surface area contributed by atoms with Crippen molar-refractivity contribution in [3.63, 3.8) is 0 Å². The minimum absolute atomic E-state index is 0.0828. The van der Waals surface area contributed by atoms with E-state index in [2.05, 4.69) is 19.9 Å². The summed E-state index contributed by atoms with van der Waals surface area (Å²) >= 11 is 0. The fourth-order valence-corrected chi connectivity index (χ4v) is 2.73. The van der Waals surface area contributed by atoms with Crippen LogP contribution in [0.2, 0.25) is 0 Å². The Morgan fingerprint density at radius 2 is 2.00 bits per heavy atom. The molecule has 0 aliphatic heterocycles. The maximum Gasteiger partial charge on any atom is 0.229 e. The molecule has 3 aromatic rings. The van der Waals surface area contributed by atoms with Crippen molar-refractivity contribution in [2.45, 2.75) is 25.8 Å². The molecular weight excluding hydrogens is 288 g/mol. The molecule has 0 unspecified atom stereocenters. The summed E-state index contributed by atoms with van der Waals surface area (Å²) < 4.78 is 2.07. The fraction of sp³-hybridized carbons (Fsp3) is 0.278. The summed E-state index contributed by atoms with van der Waals surface area (Å²) in [4.78, 5) is 21.1. The first-order valence-corrected chi connectivity index (χ1v) is 7.97. The van der Waals surface area contributed by atoms with Gasteiger partial charge in [0.15, 0.2) is 0 Å². The van der Waals surface area contributed by atoms with Crippen LogP contribution < -0.4 is 5.32 Å². The molecule has 1 N–H and O–H groups in total. The Morgan fingerprint density at radius 1 is 1.17 bits per heavy atom. The molecule has 4 rings (SSSR count). The highest BCUT2D eigenvalue weighted by Gasteiger charge is 2.30. The molecule has 0 radical (unpaired) electrons. The predicted molar refractivity (Wildman–Crippen MR) is 89.0 cm³/mol. The van der Waals surface area contributed by atoms with E-state index in [1.54, 1.807) is 6.20 Å². The first-order chi connectivity index (χ1) is 11.3. The van der Waals surface area contributed by atoms with Gasteiger partial charge in [0.1, 0.15) is 0 Å². The fourth-order valence-electron chi connectivity index (χ4n) is 2.73. The summed E-state index contributed by atoms with van der Waals surface area (Å²) in [6, 6.07) is 13.9. The molecule has 0 saturated heterocycles. The van der Waals surface area contributed by atoms with Gasteiger partial charge in [-0.3, -0.25) is 15.1 Å². The number of hydrogen-bond acceptors (Lipinski definition) is 3. The molecule has 1 aliphatic carbocycles. The number of amides is 1. The van der Waals surface area contributed by atoms with E-state index in [-0.39, 0.29) is 11.8 Å². The number of anilines is 1. The van der Waals surface area contributed by atoms with Crippen molar-refractivity contribution in [3.05, 3.63) is 54.4 Å². The normalized spacial score (nSPS) is 14.1. The second-order valence-corrected chi connectivity index (χ2v) is 5.91. The summed E-state index contributed by atoms with van der Waals surface area (Å²) in [5, 5.41) is 2.99. The predicted octanol–water partition coefficient (Wildman–Crippen LogP) is 3.02. The minimum atomic E-state index is 0.0828. The van der Waals surface area contributed by atoms with E-state index in [0.29, 0.717) is 5.95 Å². The lowest BCUT2D eigenvalue weighted by Gasteiger charge is -2.09. The van der Waals surface area contributed by atoms with Crippen molar-refractivity contribution in [1.29, 1.82) is 0 Å². The zero-order valence-corrected chi connectivity index (χ0v) is 12.8. The smallest absolute Gasteiger partial charge is 0.229 e. The molecule has 0 spiro atoms. The first-order valence-electron chi connectivity index (χ1n) is 7.97. The van der Waals surface area contributed by atoms with Gasteiger partial charge in [0.05, 0.1) is 11.0 Å². The van der Waals surface area contributed by atoms with Crippen LogP contribution in [-0.4, -0.2) is 20.4 Å². The number of nitrogens with zero attached hydrogens (tertiary/aromatic N) is 3. The number of carbonyl (C=O) groups excluding carboxylic acids is 1. The number of nitrogens with one attached hydrogen (secondary N) is 1. The average Bonchev–Trinajstić information content (AvgIpc) is 3.37. The van der Waals surface area contributed by atoms with Gasteiger partial charge in [-0.15, -0.1) is 0 Å². The molecule has 0 atom stereocenters. The van der Waals surface area contributed by atoms with Gasteiger partial charge >= 0.3 is 0 Å². The van der Waals surface area contributed by atoms with Gasteiger partial charge in [-0.2, -0.15) is 0 Å². The molecule has 5 nitrogen and oxygen atoms in total. The van der Waals surface area contributed by atoms with E-state index in [1.165, 1.54) is 0 Å². The Bertz CT molecular complexity index is 837. The van der Waals surface area contributed by atoms with Gasteiger partial charge in [-0.1, -0.05) is 18.2 Å². The molecular formula is C18H18N4O. The van der Waals surface area contributed by atoms with E-state index in [9.17, 15) is 4.79 Å². The summed E-state index contributed by atoms with van der Waals surface area (Å²) in [6.45, 7) is 0.734. The molecule has 116 valence electrons. The van der Waals surface area contributed by atoms with Crippen LogP contribution in [0.1, 0.15) is 18.5 Å². The zero-order chi connectivity index (χ0) is 15.6. The van der Waals surface area contributed by atoms with E-state index in [4.69, 9.17) is 0 Å². The third kappa shape index (κ3) is 2.95. The highest BCUT2D eigenvalue weighted by atomic mass is 16.2. The summed E-state index contributed by atoms with van der Waals surface area (Å²) in [7, 11) is 0. The number of imidazole rings is 1. The SMILES string of the molecule is O=C(Nc1nc2ccccc2n1CCc1ccccn1)C1CC1. The van der Waals surface area contributed by atoms with Gasteiger partial charge < -0.3 is 4.57 Å². The molecule has 23 heavy (non-hydrogen) atoms. The molecule has 2 aromatic heterocycles. The van der Waals surface area contributed by atoms with Crippen LogP contribution in [0.15, 0.2) is 48.7 Å². The number of rotatable bonds is 5. The average molecular weight is 306 g/mol. The van der Waals surface area contributed by atoms with Crippen LogP contribution in [0.3, 0.4) is 0 Å². The van der Waals surface area contributed by atoms with Gasteiger partial charge in [0.25, 0.3) is 0 Å². The van der Waals surface area contributed by atoms with Gasteiger partial charge in [0.2, 0.25) is 11.9 Å². The lowest BCUT2D eigenvalue weighted by molar-refractivity contribution is -0.117. The highest BCUT2D eigenvalue weighted by molar-refractivity contribution is 5.94. The highest BCUT2D eigenvalue weighted by Crippen LogP contribution is 2.30. The molecule has 1 aromatic carbocycles. The molecule has 5 heteroatoms. The van der Waals surface area contributed by atoms with E-state index >= 15 is 0 Å². The van der Waals surface area contributed by atoms with Crippen molar-refractivity contribution in [1.82, 2.24) is 14.5 Å². The quantitative estimate of drug-likeness (QED) is 0.788. The van der Waals surface area contributed by atoms with Gasteiger partial charge in [-0.05, 0) is 37.1 Å². The second-order valence-electron chi connectivity index (χ2n) is 5.91. The Kier molecular flexibility index (Phi) is 3.54. The number of hydrogen-bond donors (Lipinski definition) is 1. The number of para-hydroxylation sites is 2.